The van der Waals surface area contributed by atoms with E-state index in [0.717, 1.165) is 0 Å². The summed E-state index contributed by atoms with van der Waals surface area (Å²) in [5.41, 5.74) is 0. The lowest BCUT2D eigenvalue weighted by molar-refractivity contribution is -0.142. The lowest BCUT2D eigenvalue weighted by atomic mass is 10.2. The van der Waals surface area contributed by atoms with Crippen molar-refractivity contribution in [3.63, 3.8) is 0 Å². The molecular formula is C15H21NO4. The monoisotopic (exact) mass is 279 g/mol. The third kappa shape index (κ3) is 4.91. The fraction of sp³-hybridized carbons (Fsp3) is 0.467. The molecule has 110 valence electrons. The Labute approximate surface area is 119 Å². The van der Waals surface area contributed by atoms with Crippen LogP contribution in [-0.4, -0.2) is 43.6 Å². The minimum absolute atomic E-state index is 0.139. The summed E-state index contributed by atoms with van der Waals surface area (Å²) in [5.74, 6) is 0.191. The van der Waals surface area contributed by atoms with Crippen molar-refractivity contribution in [2.24, 2.45) is 0 Å². The molecule has 0 aromatic heterocycles. The van der Waals surface area contributed by atoms with E-state index in [1.807, 2.05) is 37.3 Å². The Morgan fingerprint density at radius 3 is 2.45 bits per heavy atom. The first-order valence-corrected chi connectivity index (χ1v) is 6.62. The van der Waals surface area contributed by atoms with Crippen molar-refractivity contribution < 1.29 is 19.1 Å². The van der Waals surface area contributed by atoms with Crippen LogP contribution in [0.1, 0.15) is 19.8 Å². The molecule has 0 radical (unpaired) electrons. The van der Waals surface area contributed by atoms with Crippen molar-refractivity contribution in [2.45, 2.75) is 25.9 Å². The third-order valence-corrected chi connectivity index (χ3v) is 2.92. The zero-order chi connectivity index (χ0) is 15.0. The van der Waals surface area contributed by atoms with Crippen molar-refractivity contribution in [1.29, 1.82) is 0 Å². The molecule has 1 aromatic carbocycles. The smallest absolute Gasteiger partial charge is 0.307 e. The number of amides is 1. The average molecular weight is 279 g/mol. The largest absolute Gasteiger partial charge is 0.481 e. The van der Waals surface area contributed by atoms with Gasteiger partial charge in [-0.2, -0.15) is 0 Å². The summed E-state index contributed by atoms with van der Waals surface area (Å²) in [7, 11) is 2.99. The van der Waals surface area contributed by atoms with Crippen LogP contribution in [0.5, 0.6) is 5.75 Å². The van der Waals surface area contributed by atoms with Gasteiger partial charge in [-0.1, -0.05) is 25.1 Å². The Balaban J connectivity index is 2.55. The number of para-hydroxylation sites is 1. The second-order valence-electron chi connectivity index (χ2n) is 4.41. The van der Waals surface area contributed by atoms with Gasteiger partial charge in [0, 0.05) is 13.6 Å². The molecule has 0 bridgehead atoms. The highest BCUT2D eigenvalue weighted by atomic mass is 16.5. The van der Waals surface area contributed by atoms with Crippen LogP contribution in [0.15, 0.2) is 30.3 Å². The molecule has 1 rings (SSSR count). The van der Waals surface area contributed by atoms with Gasteiger partial charge in [0.05, 0.1) is 13.5 Å². The second-order valence-corrected chi connectivity index (χ2v) is 4.41. The van der Waals surface area contributed by atoms with Crippen LogP contribution in [0.25, 0.3) is 0 Å². The Morgan fingerprint density at radius 2 is 1.90 bits per heavy atom. The molecule has 5 nitrogen and oxygen atoms in total. The van der Waals surface area contributed by atoms with Gasteiger partial charge in [-0.15, -0.1) is 0 Å². The molecule has 0 saturated heterocycles. The van der Waals surface area contributed by atoms with Crippen molar-refractivity contribution in [2.75, 3.05) is 20.7 Å². The van der Waals surface area contributed by atoms with Crippen LogP contribution in [0.3, 0.4) is 0 Å². The number of nitrogens with zero attached hydrogens (tertiary/aromatic N) is 1. The van der Waals surface area contributed by atoms with E-state index < -0.39 is 6.10 Å². The van der Waals surface area contributed by atoms with Crippen LogP contribution < -0.4 is 4.74 Å². The van der Waals surface area contributed by atoms with Crippen LogP contribution in [0.4, 0.5) is 0 Å². The Morgan fingerprint density at radius 1 is 1.25 bits per heavy atom. The quantitative estimate of drug-likeness (QED) is 0.715. The van der Waals surface area contributed by atoms with Gasteiger partial charge in [0.1, 0.15) is 5.75 Å². The van der Waals surface area contributed by atoms with Gasteiger partial charge < -0.3 is 14.4 Å². The molecule has 1 aromatic rings. The van der Waals surface area contributed by atoms with Gasteiger partial charge >= 0.3 is 5.97 Å². The summed E-state index contributed by atoms with van der Waals surface area (Å²) in [5, 5.41) is 0. The summed E-state index contributed by atoms with van der Waals surface area (Å²) < 4.78 is 10.2. The molecule has 0 aliphatic heterocycles. The highest BCUT2D eigenvalue weighted by molar-refractivity contribution is 5.81. The van der Waals surface area contributed by atoms with E-state index >= 15 is 0 Å². The van der Waals surface area contributed by atoms with Gasteiger partial charge in [-0.3, -0.25) is 9.59 Å². The normalized spacial score (nSPS) is 11.6. The van der Waals surface area contributed by atoms with Gasteiger partial charge in [0.15, 0.2) is 6.10 Å². The molecule has 5 heteroatoms. The number of hydrogen-bond donors (Lipinski definition) is 0. The van der Waals surface area contributed by atoms with E-state index in [9.17, 15) is 9.59 Å². The van der Waals surface area contributed by atoms with E-state index in [2.05, 4.69) is 4.74 Å². The number of benzene rings is 1. The molecule has 0 heterocycles. The average Bonchev–Trinajstić information content (AvgIpc) is 2.50. The molecule has 0 aliphatic carbocycles. The van der Waals surface area contributed by atoms with Crippen LogP contribution in [-0.2, 0) is 14.3 Å². The van der Waals surface area contributed by atoms with Crippen LogP contribution >= 0.6 is 0 Å². The van der Waals surface area contributed by atoms with E-state index in [1.165, 1.54) is 12.0 Å². The third-order valence-electron chi connectivity index (χ3n) is 2.92. The van der Waals surface area contributed by atoms with E-state index in [4.69, 9.17) is 4.74 Å². The lowest BCUT2D eigenvalue weighted by Crippen LogP contribution is -2.40. The van der Waals surface area contributed by atoms with Gasteiger partial charge in [0.2, 0.25) is 0 Å². The minimum atomic E-state index is -0.542. The number of hydrogen-bond acceptors (Lipinski definition) is 4. The summed E-state index contributed by atoms with van der Waals surface area (Å²) in [6.07, 6.45) is 0.205. The molecule has 20 heavy (non-hydrogen) atoms. The molecule has 0 N–H and O–H groups in total. The molecule has 1 unspecified atom stereocenters. The number of methoxy groups -OCH3 is 1. The van der Waals surface area contributed by atoms with E-state index in [-0.39, 0.29) is 18.3 Å². The zero-order valence-corrected chi connectivity index (χ0v) is 12.2. The number of esters is 1. The first-order chi connectivity index (χ1) is 9.58. The standard InChI is InChI=1S/C15H21NO4/c1-4-13(20-12-8-6-5-7-9-12)15(18)16(2)11-10-14(17)19-3/h5-9,13H,4,10-11H2,1-3H3. The van der Waals surface area contributed by atoms with Crippen LogP contribution in [0, 0.1) is 0 Å². The predicted octanol–water partition coefficient (Wildman–Crippen LogP) is 1.87. The maximum atomic E-state index is 12.2. The molecule has 0 spiro atoms. The minimum Gasteiger partial charge on any atom is -0.481 e. The first-order valence-electron chi connectivity index (χ1n) is 6.62. The Hall–Kier alpha value is -2.04. The van der Waals surface area contributed by atoms with Crippen molar-refractivity contribution in [3.05, 3.63) is 30.3 Å². The summed E-state index contributed by atoms with van der Waals surface area (Å²) >= 11 is 0. The number of likely N-dealkylation sites (N-methyl/N-ethyl adjacent to an activating group) is 1. The van der Waals surface area contributed by atoms with Gasteiger partial charge in [-0.05, 0) is 18.6 Å². The Bertz CT molecular complexity index is 433. The first kappa shape index (κ1) is 16.0. The fourth-order valence-corrected chi connectivity index (χ4v) is 1.69. The molecular weight excluding hydrogens is 258 g/mol. The van der Waals surface area contributed by atoms with Gasteiger partial charge in [0.25, 0.3) is 5.91 Å². The summed E-state index contributed by atoms with van der Waals surface area (Å²) in [6.45, 7) is 2.21. The highest BCUT2D eigenvalue weighted by Gasteiger charge is 2.22. The highest BCUT2D eigenvalue weighted by Crippen LogP contribution is 2.13. The lowest BCUT2D eigenvalue weighted by Gasteiger charge is -2.23. The predicted molar refractivity (Wildman–Crippen MR) is 75.4 cm³/mol. The number of carbonyl (C=O) groups excluding carboxylic acids is 2. The SMILES string of the molecule is CCC(Oc1ccccc1)C(=O)N(C)CCC(=O)OC. The van der Waals surface area contributed by atoms with Crippen LogP contribution in [0.2, 0.25) is 0 Å². The molecule has 1 atom stereocenters. The number of ether oxygens (including phenoxy) is 2. The summed E-state index contributed by atoms with van der Waals surface area (Å²) in [4.78, 5) is 24.8. The maximum Gasteiger partial charge on any atom is 0.307 e. The van der Waals surface area contributed by atoms with Crippen molar-refractivity contribution in [1.82, 2.24) is 4.90 Å². The molecule has 0 saturated carbocycles. The number of rotatable bonds is 7. The molecule has 1 amide bonds. The van der Waals surface area contributed by atoms with Gasteiger partial charge in [-0.25, -0.2) is 0 Å². The fourth-order valence-electron chi connectivity index (χ4n) is 1.69. The second kappa shape index (κ2) is 8.19. The maximum absolute atomic E-state index is 12.2. The topological polar surface area (TPSA) is 55.8 Å². The zero-order valence-electron chi connectivity index (χ0n) is 12.2. The van der Waals surface area contributed by atoms with E-state index in [1.54, 1.807) is 7.05 Å². The number of carbonyl (C=O) groups is 2. The van der Waals surface area contributed by atoms with Crippen molar-refractivity contribution >= 4 is 11.9 Å². The Kier molecular flexibility index (Phi) is 6.56. The van der Waals surface area contributed by atoms with Crippen molar-refractivity contribution in [3.8, 4) is 5.75 Å². The molecule has 0 aliphatic rings. The van der Waals surface area contributed by atoms with E-state index in [0.29, 0.717) is 18.7 Å². The summed E-state index contributed by atoms with van der Waals surface area (Å²) in [6, 6.07) is 9.22. The molecule has 0 fully saturated rings.